The Morgan fingerprint density at radius 3 is 2.39 bits per heavy atom. The molecular formula is C26H38N2O5. The number of likely N-dealkylation sites (tertiary alicyclic amines) is 1. The Morgan fingerprint density at radius 1 is 1.06 bits per heavy atom. The van der Waals surface area contributed by atoms with Crippen molar-refractivity contribution in [3.8, 4) is 0 Å². The summed E-state index contributed by atoms with van der Waals surface area (Å²) in [4.78, 5) is 40.3. The number of carbonyl (C=O) groups is 3. The molecule has 0 aromatic rings. The predicted molar refractivity (Wildman–Crippen MR) is 122 cm³/mol. The molecule has 0 aromatic carbocycles. The van der Waals surface area contributed by atoms with Gasteiger partial charge >= 0.3 is 5.97 Å². The van der Waals surface area contributed by atoms with Crippen molar-refractivity contribution in [2.75, 3.05) is 19.7 Å². The fraction of sp³-hybridized carbons (Fsp3) is 0.808. The van der Waals surface area contributed by atoms with Crippen molar-refractivity contribution >= 4 is 17.8 Å². The number of aliphatic hydroxyl groups excluding tert-OH is 1. The van der Waals surface area contributed by atoms with Crippen LogP contribution in [0.2, 0.25) is 0 Å². The standard InChI is InChI=1S/C26H38N2O5/c29-21-11-22(24(31)33-16-23(30)27-7-6-17-4-2-1-3-5-17)28(15-21)25(32)26-12-18-8-19(13-26)10-20(9-18)14-26/h4,18-22,29H,1-3,5-16H2,(H,27,30)/t18?,19?,20?,21?,22-,26?/m0/s1. The summed E-state index contributed by atoms with van der Waals surface area (Å²) < 4.78 is 5.31. The summed E-state index contributed by atoms with van der Waals surface area (Å²) in [5.74, 6) is 1.03. The Morgan fingerprint density at radius 2 is 1.76 bits per heavy atom. The molecule has 182 valence electrons. The van der Waals surface area contributed by atoms with E-state index in [1.807, 2.05) is 0 Å². The number of hydrogen-bond donors (Lipinski definition) is 2. The van der Waals surface area contributed by atoms with E-state index in [4.69, 9.17) is 4.74 Å². The number of ether oxygens (including phenoxy) is 1. The fourth-order valence-electron chi connectivity index (χ4n) is 7.72. The highest BCUT2D eigenvalue weighted by atomic mass is 16.5. The van der Waals surface area contributed by atoms with Crippen LogP contribution in [0.4, 0.5) is 0 Å². The van der Waals surface area contributed by atoms with Crippen molar-refractivity contribution in [1.29, 1.82) is 0 Å². The summed E-state index contributed by atoms with van der Waals surface area (Å²) in [6.07, 6.45) is 13.7. The van der Waals surface area contributed by atoms with E-state index in [-0.39, 0.29) is 36.8 Å². The van der Waals surface area contributed by atoms with Crippen LogP contribution in [-0.4, -0.2) is 59.6 Å². The average Bonchev–Trinajstić information content (AvgIpc) is 3.18. The number of rotatable bonds is 7. The van der Waals surface area contributed by atoms with Gasteiger partial charge in [-0.15, -0.1) is 0 Å². The van der Waals surface area contributed by atoms with Crippen LogP contribution >= 0.6 is 0 Å². The van der Waals surface area contributed by atoms with Gasteiger partial charge in [-0.1, -0.05) is 11.6 Å². The highest BCUT2D eigenvalue weighted by Crippen LogP contribution is 2.60. The average molecular weight is 459 g/mol. The number of nitrogens with zero attached hydrogens (tertiary/aromatic N) is 1. The van der Waals surface area contributed by atoms with Crippen LogP contribution in [0, 0.1) is 23.2 Å². The van der Waals surface area contributed by atoms with E-state index in [1.165, 1.54) is 37.7 Å². The van der Waals surface area contributed by atoms with Gasteiger partial charge in [-0.25, -0.2) is 4.79 Å². The van der Waals surface area contributed by atoms with E-state index in [1.54, 1.807) is 4.90 Å². The van der Waals surface area contributed by atoms with E-state index < -0.39 is 18.1 Å². The van der Waals surface area contributed by atoms with Gasteiger partial charge in [0.1, 0.15) is 6.04 Å². The largest absolute Gasteiger partial charge is 0.454 e. The summed E-state index contributed by atoms with van der Waals surface area (Å²) >= 11 is 0. The molecule has 2 N–H and O–H groups in total. The number of amides is 2. The Kier molecular flexibility index (Phi) is 6.51. The first-order valence-corrected chi connectivity index (χ1v) is 13.0. The molecule has 6 rings (SSSR count). The van der Waals surface area contributed by atoms with Crippen molar-refractivity contribution < 1.29 is 24.2 Å². The number of esters is 1. The van der Waals surface area contributed by atoms with Gasteiger partial charge in [-0.3, -0.25) is 9.59 Å². The molecule has 1 aliphatic heterocycles. The normalized spacial score (nSPS) is 37.1. The number of allylic oxidation sites excluding steroid dienone is 1. The van der Waals surface area contributed by atoms with E-state index >= 15 is 0 Å². The van der Waals surface area contributed by atoms with Gasteiger partial charge < -0.3 is 20.1 Å². The van der Waals surface area contributed by atoms with Gasteiger partial charge in [-0.05, 0) is 88.4 Å². The van der Waals surface area contributed by atoms with Crippen LogP contribution in [0.15, 0.2) is 11.6 Å². The van der Waals surface area contributed by atoms with Crippen molar-refractivity contribution in [2.24, 2.45) is 23.2 Å². The monoisotopic (exact) mass is 458 g/mol. The zero-order valence-electron chi connectivity index (χ0n) is 19.6. The molecule has 6 aliphatic rings. The van der Waals surface area contributed by atoms with Crippen LogP contribution in [0.25, 0.3) is 0 Å². The third kappa shape index (κ3) is 4.84. The Hall–Kier alpha value is -1.89. The molecule has 33 heavy (non-hydrogen) atoms. The van der Waals surface area contributed by atoms with Gasteiger partial charge in [0.2, 0.25) is 5.91 Å². The van der Waals surface area contributed by atoms with Crippen LogP contribution in [0.3, 0.4) is 0 Å². The molecule has 1 saturated heterocycles. The van der Waals surface area contributed by atoms with Crippen LogP contribution < -0.4 is 5.32 Å². The zero-order valence-corrected chi connectivity index (χ0v) is 19.6. The Labute approximate surface area is 196 Å². The van der Waals surface area contributed by atoms with Gasteiger partial charge in [0.15, 0.2) is 6.61 Å². The van der Waals surface area contributed by atoms with Crippen LogP contribution in [-0.2, 0) is 19.1 Å². The molecule has 0 radical (unpaired) electrons. The first-order valence-electron chi connectivity index (χ1n) is 13.0. The maximum atomic E-state index is 13.7. The maximum absolute atomic E-state index is 13.7. The molecule has 2 amide bonds. The summed E-state index contributed by atoms with van der Waals surface area (Å²) in [5, 5.41) is 13.1. The lowest BCUT2D eigenvalue weighted by molar-refractivity contribution is -0.166. The number of hydrogen-bond acceptors (Lipinski definition) is 5. The molecule has 1 heterocycles. The summed E-state index contributed by atoms with van der Waals surface area (Å²) in [5.41, 5.74) is 1.03. The molecule has 5 aliphatic carbocycles. The number of β-amino-alcohol motifs (C(OH)–C–C–N with tert-alkyl or cyclic N) is 1. The van der Waals surface area contributed by atoms with Gasteiger partial charge in [0.25, 0.3) is 5.91 Å². The second kappa shape index (κ2) is 9.40. The minimum atomic E-state index is -0.791. The summed E-state index contributed by atoms with van der Waals surface area (Å²) in [6, 6.07) is -0.791. The highest BCUT2D eigenvalue weighted by molar-refractivity contribution is 5.90. The van der Waals surface area contributed by atoms with E-state index in [9.17, 15) is 19.5 Å². The lowest BCUT2D eigenvalue weighted by atomic mass is 9.49. The molecule has 7 heteroatoms. The smallest absolute Gasteiger partial charge is 0.329 e. The molecule has 5 fully saturated rings. The third-order valence-electron chi connectivity index (χ3n) is 8.80. The molecule has 0 spiro atoms. The third-order valence-corrected chi connectivity index (χ3v) is 8.80. The summed E-state index contributed by atoms with van der Waals surface area (Å²) in [7, 11) is 0. The molecule has 4 saturated carbocycles. The molecule has 2 atom stereocenters. The molecular weight excluding hydrogens is 420 g/mol. The van der Waals surface area contributed by atoms with Crippen molar-refractivity contribution in [1.82, 2.24) is 10.2 Å². The molecule has 1 unspecified atom stereocenters. The second-order valence-electron chi connectivity index (χ2n) is 11.4. The number of carbonyl (C=O) groups excluding carboxylic acids is 3. The van der Waals surface area contributed by atoms with Gasteiger partial charge in [-0.2, -0.15) is 0 Å². The van der Waals surface area contributed by atoms with Crippen molar-refractivity contribution in [2.45, 2.75) is 89.2 Å². The zero-order chi connectivity index (χ0) is 23.0. The molecule has 0 aromatic heterocycles. The lowest BCUT2D eigenvalue weighted by Gasteiger charge is -2.56. The van der Waals surface area contributed by atoms with Gasteiger partial charge in [0.05, 0.1) is 11.5 Å². The topological polar surface area (TPSA) is 95.9 Å². The van der Waals surface area contributed by atoms with Crippen LogP contribution in [0.1, 0.15) is 77.0 Å². The van der Waals surface area contributed by atoms with E-state index in [0.29, 0.717) is 24.3 Å². The second-order valence-corrected chi connectivity index (χ2v) is 11.4. The number of aliphatic hydroxyl groups is 1. The minimum Gasteiger partial charge on any atom is -0.454 e. The first-order chi connectivity index (χ1) is 15.9. The SMILES string of the molecule is O=C(COC(=O)[C@@H]1CC(O)CN1C(=O)C12CC3CC(CC(C3)C1)C2)NCCC1=CCCCC1. The summed E-state index contributed by atoms with van der Waals surface area (Å²) in [6.45, 7) is 0.381. The van der Waals surface area contributed by atoms with Crippen molar-refractivity contribution in [3.63, 3.8) is 0 Å². The van der Waals surface area contributed by atoms with E-state index in [2.05, 4.69) is 11.4 Å². The molecule has 7 nitrogen and oxygen atoms in total. The Bertz CT molecular complexity index is 786. The Balaban J connectivity index is 1.14. The number of nitrogens with one attached hydrogen (secondary N) is 1. The minimum absolute atomic E-state index is 0.0327. The highest BCUT2D eigenvalue weighted by Gasteiger charge is 2.57. The maximum Gasteiger partial charge on any atom is 0.329 e. The van der Waals surface area contributed by atoms with Crippen LogP contribution in [0.5, 0.6) is 0 Å². The lowest BCUT2D eigenvalue weighted by Crippen LogP contribution is -2.56. The predicted octanol–water partition coefficient (Wildman–Crippen LogP) is 2.71. The first kappa shape index (κ1) is 22.9. The quantitative estimate of drug-likeness (QED) is 0.452. The van der Waals surface area contributed by atoms with Gasteiger partial charge in [0, 0.05) is 19.5 Å². The van der Waals surface area contributed by atoms with Crippen molar-refractivity contribution in [3.05, 3.63) is 11.6 Å². The van der Waals surface area contributed by atoms with E-state index in [0.717, 1.165) is 38.5 Å². The molecule has 4 bridgehead atoms. The fourth-order valence-corrected chi connectivity index (χ4v) is 7.72.